The molecule has 29 heavy (non-hydrogen) atoms. The number of hydrogen-bond donors (Lipinski definition) is 3. The van der Waals surface area contributed by atoms with Crippen molar-refractivity contribution in [2.45, 2.75) is 13.1 Å². The summed E-state index contributed by atoms with van der Waals surface area (Å²) in [5.41, 5.74) is 1.14. The number of rotatable bonds is 6. The summed E-state index contributed by atoms with van der Waals surface area (Å²) < 4.78 is 10.9. The van der Waals surface area contributed by atoms with E-state index in [9.17, 15) is 4.79 Å². The van der Waals surface area contributed by atoms with E-state index in [1.54, 1.807) is 43.5 Å². The number of fused-ring (bicyclic) bond motifs is 1. The highest BCUT2D eigenvalue weighted by Crippen LogP contribution is 2.44. The zero-order chi connectivity index (χ0) is 20.2. The fourth-order valence-corrected chi connectivity index (χ4v) is 2.99. The molecule has 0 saturated heterocycles. The third-order valence-corrected chi connectivity index (χ3v) is 4.44. The van der Waals surface area contributed by atoms with Crippen LogP contribution in [0.3, 0.4) is 0 Å². The fourth-order valence-electron chi connectivity index (χ4n) is 2.79. The number of carbonyl (C=O) groups is 1. The van der Waals surface area contributed by atoms with Gasteiger partial charge in [-0.05, 0) is 37.3 Å². The molecule has 3 aromatic rings. The van der Waals surface area contributed by atoms with Gasteiger partial charge in [-0.15, -0.1) is 0 Å². The normalized spacial score (nSPS) is 12.9. The number of amides is 1. The molecule has 0 radical (unpaired) electrons. The second-order valence-electron chi connectivity index (χ2n) is 6.25. The number of nitrogens with zero attached hydrogens (tertiary/aromatic N) is 2. The summed E-state index contributed by atoms with van der Waals surface area (Å²) in [7, 11) is 0. The Kier molecular flexibility index (Phi) is 5.35. The van der Waals surface area contributed by atoms with Gasteiger partial charge in [-0.2, -0.15) is 4.98 Å². The number of ether oxygens (including phenoxy) is 2. The molecule has 1 amide bonds. The second-order valence-corrected chi connectivity index (χ2v) is 6.66. The first kappa shape index (κ1) is 18.8. The number of halogens is 1. The third-order valence-electron chi connectivity index (χ3n) is 4.13. The minimum Gasteiger partial charge on any atom is -0.454 e. The fraction of sp³-hybridized carbons (Fsp3) is 0.150. The van der Waals surface area contributed by atoms with Gasteiger partial charge in [0.2, 0.25) is 12.7 Å². The Morgan fingerprint density at radius 1 is 1.14 bits per heavy atom. The average Bonchev–Trinajstić information content (AvgIpc) is 3.20. The van der Waals surface area contributed by atoms with Crippen LogP contribution in [0.1, 0.15) is 17.3 Å². The highest BCUT2D eigenvalue weighted by atomic mass is 35.5. The first-order valence-corrected chi connectivity index (χ1v) is 9.28. The van der Waals surface area contributed by atoms with Crippen LogP contribution >= 0.6 is 11.6 Å². The SMILES string of the molecule is CC(NC(=O)c1ccccc1)Nc1nccc(Nc2c(Cl)ccc3c2OCO3)n1. The van der Waals surface area contributed by atoms with Crippen molar-refractivity contribution in [2.24, 2.45) is 0 Å². The number of carbonyl (C=O) groups excluding carboxylic acids is 1. The maximum atomic E-state index is 12.3. The lowest BCUT2D eigenvalue weighted by atomic mass is 10.2. The van der Waals surface area contributed by atoms with Crippen LogP contribution in [-0.4, -0.2) is 28.8 Å². The minimum atomic E-state index is -0.390. The molecular weight excluding hydrogens is 394 g/mol. The first-order valence-electron chi connectivity index (χ1n) is 8.91. The Labute approximate surface area is 172 Å². The van der Waals surface area contributed by atoms with Gasteiger partial charge in [0.15, 0.2) is 11.5 Å². The molecule has 4 rings (SSSR count). The highest BCUT2D eigenvalue weighted by Gasteiger charge is 2.21. The maximum absolute atomic E-state index is 12.3. The minimum absolute atomic E-state index is 0.138. The zero-order valence-corrected chi connectivity index (χ0v) is 16.2. The molecule has 2 aromatic carbocycles. The molecule has 0 saturated carbocycles. The summed E-state index contributed by atoms with van der Waals surface area (Å²) >= 11 is 6.29. The zero-order valence-electron chi connectivity index (χ0n) is 15.5. The van der Waals surface area contributed by atoms with E-state index in [2.05, 4.69) is 25.9 Å². The van der Waals surface area contributed by atoms with E-state index in [4.69, 9.17) is 21.1 Å². The van der Waals surface area contributed by atoms with E-state index in [0.717, 1.165) is 0 Å². The van der Waals surface area contributed by atoms with Gasteiger partial charge in [-0.1, -0.05) is 29.8 Å². The molecule has 0 bridgehead atoms. The summed E-state index contributed by atoms with van der Waals surface area (Å²) in [5, 5.41) is 9.52. The molecule has 1 atom stereocenters. The molecule has 9 heteroatoms. The number of aromatic nitrogens is 2. The number of nitrogens with one attached hydrogen (secondary N) is 3. The van der Waals surface area contributed by atoms with E-state index >= 15 is 0 Å². The second kappa shape index (κ2) is 8.24. The summed E-state index contributed by atoms with van der Waals surface area (Å²) in [5.74, 6) is 1.81. The van der Waals surface area contributed by atoms with Crippen molar-refractivity contribution in [3.05, 3.63) is 65.3 Å². The van der Waals surface area contributed by atoms with E-state index in [1.165, 1.54) is 0 Å². The van der Waals surface area contributed by atoms with Crippen molar-refractivity contribution in [3.63, 3.8) is 0 Å². The van der Waals surface area contributed by atoms with Crippen molar-refractivity contribution < 1.29 is 14.3 Å². The molecule has 3 N–H and O–H groups in total. The van der Waals surface area contributed by atoms with Gasteiger partial charge in [0.25, 0.3) is 5.91 Å². The standard InChI is InChI=1S/C20H18ClN5O3/c1-12(23-19(27)13-5-3-2-4-6-13)24-20-22-10-9-16(26-20)25-17-14(21)7-8-15-18(17)29-11-28-15/h2-10,12H,11H2,1H3,(H,23,27)(H2,22,24,25,26). The van der Waals surface area contributed by atoms with E-state index in [0.29, 0.717) is 39.5 Å². The van der Waals surface area contributed by atoms with Gasteiger partial charge in [0.1, 0.15) is 11.5 Å². The van der Waals surface area contributed by atoms with Crippen LogP contribution < -0.4 is 25.4 Å². The quantitative estimate of drug-likeness (QED) is 0.531. The average molecular weight is 412 g/mol. The molecule has 1 unspecified atom stereocenters. The molecule has 1 aliphatic heterocycles. The number of hydrogen-bond acceptors (Lipinski definition) is 7. The van der Waals surface area contributed by atoms with E-state index < -0.39 is 0 Å². The van der Waals surface area contributed by atoms with Crippen LogP contribution in [0.25, 0.3) is 0 Å². The lowest BCUT2D eigenvalue weighted by Crippen LogP contribution is -2.38. The molecule has 0 fully saturated rings. The summed E-state index contributed by atoms with van der Waals surface area (Å²) in [4.78, 5) is 20.9. The molecule has 1 aliphatic rings. The molecule has 8 nitrogen and oxygen atoms in total. The summed E-state index contributed by atoms with van der Waals surface area (Å²) in [6, 6.07) is 14.1. The predicted molar refractivity (Wildman–Crippen MR) is 110 cm³/mol. The van der Waals surface area contributed by atoms with Crippen molar-refractivity contribution in [3.8, 4) is 11.5 Å². The van der Waals surface area contributed by atoms with Crippen LogP contribution in [0.15, 0.2) is 54.7 Å². The lowest BCUT2D eigenvalue weighted by molar-refractivity contribution is 0.0944. The number of anilines is 3. The van der Waals surface area contributed by atoms with Crippen molar-refractivity contribution in [2.75, 3.05) is 17.4 Å². The van der Waals surface area contributed by atoms with Gasteiger partial charge in [0, 0.05) is 11.8 Å². The topological polar surface area (TPSA) is 97.4 Å². The molecule has 0 aliphatic carbocycles. The van der Waals surface area contributed by atoms with Crippen LogP contribution in [0.4, 0.5) is 17.5 Å². The monoisotopic (exact) mass is 411 g/mol. The predicted octanol–water partition coefficient (Wildman–Crippen LogP) is 3.79. The van der Waals surface area contributed by atoms with Gasteiger partial charge in [-0.25, -0.2) is 4.98 Å². The summed E-state index contributed by atoms with van der Waals surface area (Å²) in [6.45, 7) is 1.94. The van der Waals surface area contributed by atoms with Crippen molar-refractivity contribution >= 4 is 35.0 Å². The largest absolute Gasteiger partial charge is 0.454 e. The van der Waals surface area contributed by atoms with Gasteiger partial charge < -0.3 is 25.4 Å². The van der Waals surface area contributed by atoms with E-state index in [-0.39, 0.29) is 18.9 Å². The maximum Gasteiger partial charge on any atom is 0.252 e. The Hall–Kier alpha value is -3.52. The molecular formula is C20H18ClN5O3. The Morgan fingerprint density at radius 3 is 2.79 bits per heavy atom. The van der Waals surface area contributed by atoms with Crippen LogP contribution in [0.2, 0.25) is 5.02 Å². The third kappa shape index (κ3) is 4.33. The molecule has 2 heterocycles. The highest BCUT2D eigenvalue weighted by molar-refractivity contribution is 6.33. The number of benzene rings is 2. The Bertz CT molecular complexity index is 1030. The van der Waals surface area contributed by atoms with Gasteiger partial charge >= 0.3 is 0 Å². The van der Waals surface area contributed by atoms with E-state index in [1.807, 2.05) is 18.2 Å². The lowest BCUT2D eigenvalue weighted by Gasteiger charge is -2.16. The van der Waals surface area contributed by atoms with Crippen LogP contribution in [-0.2, 0) is 0 Å². The van der Waals surface area contributed by atoms with Crippen LogP contribution in [0, 0.1) is 0 Å². The van der Waals surface area contributed by atoms with Crippen LogP contribution in [0.5, 0.6) is 11.5 Å². The Balaban J connectivity index is 1.44. The van der Waals surface area contributed by atoms with Gasteiger partial charge in [-0.3, -0.25) is 4.79 Å². The molecule has 148 valence electrons. The Morgan fingerprint density at radius 2 is 1.97 bits per heavy atom. The van der Waals surface area contributed by atoms with Gasteiger partial charge in [0.05, 0.1) is 11.2 Å². The smallest absolute Gasteiger partial charge is 0.252 e. The summed E-state index contributed by atoms with van der Waals surface area (Å²) in [6.07, 6.45) is 1.21. The van der Waals surface area contributed by atoms with Crippen molar-refractivity contribution in [1.82, 2.24) is 15.3 Å². The first-order chi connectivity index (χ1) is 14.1. The molecule has 0 spiro atoms. The van der Waals surface area contributed by atoms with Crippen molar-refractivity contribution in [1.29, 1.82) is 0 Å². The molecule has 1 aromatic heterocycles.